The minimum atomic E-state index is -0.316. The highest BCUT2D eigenvalue weighted by Gasteiger charge is 2.20. The van der Waals surface area contributed by atoms with Gasteiger partial charge in [0.1, 0.15) is 10.3 Å². The number of benzene rings is 1. The number of fused-ring (bicyclic) bond motifs is 1. The lowest BCUT2D eigenvalue weighted by atomic mass is 10.1. The van der Waals surface area contributed by atoms with Crippen molar-refractivity contribution in [3.63, 3.8) is 0 Å². The molecule has 0 unspecified atom stereocenters. The maximum absolute atomic E-state index is 12.3. The molecular formula is C21H25N5O3S. The van der Waals surface area contributed by atoms with Gasteiger partial charge in [-0.3, -0.25) is 9.59 Å². The monoisotopic (exact) mass is 427 g/mol. The number of amides is 1. The van der Waals surface area contributed by atoms with Crippen LogP contribution in [0.4, 0.5) is 0 Å². The Morgan fingerprint density at radius 2 is 1.90 bits per heavy atom. The molecule has 2 aromatic heterocycles. The fraction of sp³-hybridized carbons (Fsp3) is 0.381. The van der Waals surface area contributed by atoms with Crippen LogP contribution in [0.2, 0.25) is 0 Å². The predicted octanol–water partition coefficient (Wildman–Crippen LogP) is 2.84. The smallest absolute Gasteiger partial charge is 0.319 e. The van der Waals surface area contributed by atoms with Crippen molar-refractivity contribution in [2.24, 2.45) is 0 Å². The zero-order valence-corrected chi connectivity index (χ0v) is 18.1. The Labute approximate surface area is 179 Å². The molecule has 158 valence electrons. The van der Waals surface area contributed by atoms with Gasteiger partial charge in [-0.05, 0) is 44.5 Å². The summed E-state index contributed by atoms with van der Waals surface area (Å²) in [5.74, 6) is 0.267. The van der Waals surface area contributed by atoms with Crippen molar-refractivity contribution < 1.29 is 14.3 Å². The van der Waals surface area contributed by atoms with Gasteiger partial charge >= 0.3 is 5.97 Å². The first-order valence-electron chi connectivity index (χ1n) is 9.91. The number of nitrogens with one attached hydrogen (secondary N) is 1. The van der Waals surface area contributed by atoms with E-state index in [4.69, 9.17) is 4.74 Å². The first-order chi connectivity index (χ1) is 14.5. The number of aromatic nitrogens is 4. The zero-order valence-electron chi connectivity index (χ0n) is 17.3. The van der Waals surface area contributed by atoms with Crippen LogP contribution in [0.25, 0.3) is 5.65 Å². The van der Waals surface area contributed by atoms with Gasteiger partial charge < -0.3 is 10.1 Å². The van der Waals surface area contributed by atoms with Gasteiger partial charge in [-0.1, -0.05) is 36.4 Å². The van der Waals surface area contributed by atoms with Crippen LogP contribution in [0, 0.1) is 6.92 Å². The van der Waals surface area contributed by atoms with E-state index in [0.717, 1.165) is 5.56 Å². The van der Waals surface area contributed by atoms with E-state index in [-0.39, 0.29) is 17.1 Å². The zero-order chi connectivity index (χ0) is 21.5. The first kappa shape index (κ1) is 21.8. The summed E-state index contributed by atoms with van der Waals surface area (Å²) in [6.45, 7) is 6.47. The van der Waals surface area contributed by atoms with Crippen LogP contribution in [0.5, 0.6) is 0 Å². The summed E-state index contributed by atoms with van der Waals surface area (Å²) < 4.78 is 6.77. The third-order valence-electron chi connectivity index (χ3n) is 4.43. The van der Waals surface area contributed by atoms with E-state index in [2.05, 4.69) is 20.6 Å². The Bertz CT molecular complexity index is 1020. The number of thioether (sulfide) groups is 1. The van der Waals surface area contributed by atoms with E-state index in [0.29, 0.717) is 48.1 Å². The average Bonchev–Trinajstić information content (AvgIpc) is 3.14. The lowest BCUT2D eigenvalue weighted by molar-refractivity contribution is -0.142. The summed E-state index contributed by atoms with van der Waals surface area (Å²) in [4.78, 5) is 24.3. The fourth-order valence-electron chi connectivity index (χ4n) is 2.81. The van der Waals surface area contributed by atoms with Crippen LogP contribution in [0.3, 0.4) is 0 Å². The molecule has 0 fully saturated rings. The number of nitrogens with zero attached hydrogens (tertiary/aromatic N) is 4. The van der Waals surface area contributed by atoms with Crippen molar-refractivity contribution in [2.45, 2.75) is 43.9 Å². The molecular weight excluding hydrogens is 402 g/mol. The molecule has 1 aromatic carbocycles. The van der Waals surface area contributed by atoms with E-state index in [1.54, 1.807) is 23.6 Å². The normalized spacial score (nSPS) is 12.0. The molecule has 0 spiro atoms. The molecule has 0 radical (unpaired) electrons. The SMILES string of the molecule is CCOC(=O)[C@@H](CC)Sc1ccc2nnc(CCNC(=O)c3ccc(C)cc3)n2n1. The number of carbonyl (C=O) groups excluding carboxylic acids is 2. The van der Waals surface area contributed by atoms with Crippen molar-refractivity contribution in [3.05, 3.63) is 53.3 Å². The molecule has 8 nitrogen and oxygen atoms in total. The van der Waals surface area contributed by atoms with Gasteiger partial charge in [0.2, 0.25) is 0 Å². The van der Waals surface area contributed by atoms with E-state index in [9.17, 15) is 9.59 Å². The Kier molecular flexibility index (Phi) is 7.40. The van der Waals surface area contributed by atoms with Crippen molar-refractivity contribution in [1.29, 1.82) is 0 Å². The highest BCUT2D eigenvalue weighted by molar-refractivity contribution is 8.00. The highest BCUT2D eigenvalue weighted by Crippen LogP contribution is 2.25. The molecule has 0 saturated carbocycles. The van der Waals surface area contributed by atoms with Crippen LogP contribution in [-0.2, 0) is 16.0 Å². The molecule has 0 saturated heterocycles. The molecule has 3 aromatic rings. The number of rotatable bonds is 9. The summed E-state index contributed by atoms with van der Waals surface area (Å²) >= 11 is 1.36. The lowest BCUT2D eigenvalue weighted by Gasteiger charge is -2.12. The first-order valence-corrected chi connectivity index (χ1v) is 10.8. The number of carbonyl (C=O) groups is 2. The minimum absolute atomic E-state index is 0.131. The molecule has 0 aliphatic carbocycles. The lowest BCUT2D eigenvalue weighted by Crippen LogP contribution is -2.26. The largest absolute Gasteiger partial charge is 0.465 e. The third kappa shape index (κ3) is 5.35. The van der Waals surface area contributed by atoms with E-state index in [1.165, 1.54) is 11.8 Å². The molecule has 1 N–H and O–H groups in total. The van der Waals surface area contributed by atoms with Crippen molar-refractivity contribution in [2.75, 3.05) is 13.2 Å². The Balaban J connectivity index is 1.65. The molecule has 3 rings (SSSR count). The second-order valence-corrected chi connectivity index (χ2v) is 7.92. The van der Waals surface area contributed by atoms with Gasteiger partial charge in [-0.2, -0.15) is 9.61 Å². The number of hydrogen-bond donors (Lipinski definition) is 1. The van der Waals surface area contributed by atoms with Crippen molar-refractivity contribution in [1.82, 2.24) is 25.1 Å². The molecule has 30 heavy (non-hydrogen) atoms. The minimum Gasteiger partial charge on any atom is -0.465 e. The molecule has 0 aliphatic heterocycles. The van der Waals surface area contributed by atoms with E-state index < -0.39 is 0 Å². The fourth-order valence-corrected chi connectivity index (χ4v) is 3.71. The van der Waals surface area contributed by atoms with Crippen LogP contribution in [0.1, 0.15) is 42.0 Å². The molecule has 2 heterocycles. The van der Waals surface area contributed by atoms with Gasteiger partial charge in [-0.25, -0.2) is 0 Å². The van der Waals surface area contributed by atoms with Crippen molar-refractivity contribution >= 4 is 29.3 Å². The maximum Gasteiger partial charge on any atom is 0.319 e. The molecule has 0 bridgehead atoms. The Morgan fingerprint density at radius 3 is 2.60 bits per heavy atom. The molecule has 9 heteroatoms. The average molecular weight is 428 g/mol. The number of esters is 1. The van der Waals surface area contributed by atoms with Gasteiger partial charge in [0.25, 0.3) is 5.91 Å². The van der Waals surface area contributed by atoms with E-state index >= 15 is 0 Å². The number of ether oxygens (including phenoxy) is 1. The van der Waals surface area contributed by atoms with Gasteiger partial charge in [0.15, 0.2) is 11.5 Å². The second kappa shape index (κ2) is 10.2. The quantitative estimate of drug-likeness (QED) is 0.414. The summed E-state index contributed by atoms with van der Waals surface area (Å²) in [6.07, 6.45) is 1.12. The summed E-state index contributed by atoms with van der Waals surface area (Å²) in [7, 11) is 0. The maximum atomic E-state index is 12.3. The van der Waals surface area contributed by atoms with Gasteiger partial charge in [0.05, 0.1) is 6.61 Å². The Morgan fingerprint density at radius 1 is 1.13 bits per heavy atom. The highest BCUT2D eigenvalue weighted by atomic mass is 32.2. The van der Waals surface area contributed by atoms with Crippen LogP contribution in [0.15, 0.2) is 41.4 Å². The van der Waals surface area contributed by atoms with Gasteiger partial charge in [-0.15, -0.1) is 10.2 Å². The van der Waals surface area contributed by atoms with Crippen LogP contribution in [-0.4, -0.2) is 50.1 Å². The topological polar surface area (TPSA) is 98.5 Å². The number of aryl methyl sites for hydroxylation is 1. The molecule has 0 aliphatic rings. The van der Waals surface area contributed by atoms with E-state index in [1.807, 2.05) is 38.1 Å². The summed E-state index contributed by atoms with van der Waals surface area (Å²) in [5.41, 5.74) is 2.34. The van der Waals surface area contributed by atoms with Crippen LogP contribution < -0.4 is 5.32 Å². The van der Waals surface area contributed by atoms with Crippen molar-refractivity contribution in [3.8, 4) is 0 Å². The second-order valence-electron chi connectivity index (χ2n) is 6.70. The predicted molar refractivity (Wildman–Crippen MR) is 115 cm³/mol. The third-order valence-corrected chi connectivity index (χ3v) is 5.70. The molecule has 1 amide bonds. The van der Waals surface area contributed by atoms with Crippen LogP contribution >= 0.6 is 11.8 Å². The summed E-state index contributed by atoms with van der Waals surface area (Å²) in [5, 5.41) is 16.1. The Hall–Kier alpha value is -2.94. The van der Waals surface area contributed by atoms with Gasteiger partial charge in [0, 0.05) is 18.5 Å². The molecule has 1 atom stereocenters. The summed E-state index contributed by atoms with van der Waals surface area (Å²) in [6, 6.07) is 11.0. The standard InChI is InChI=1S/C21H25N5O3S/c1-4-16(21(28)29-5-2)30-19-11-10-17-23-24-18(26(17)25-19)12-13-22-20(27)15-8-6-14(3)7-9-15/h6-11,16H,4-5,12-13H2,1-3H3,(H,22,27)/t16-/m1/s1. The number of hydrogen-bond acceptors (Lipinski definition) is 7.